The molecule has 120 valence electrons. The van der Waals surface area contributed by atoms with Crippen molar-refractivity contribution in [1.82, 2.24) is 9.88 Å². The fourth-order valence-corrected chi connectivity index (χ4v) is 3.13. The van der Waals surface area contributed by atoms with Crippen LogP contribution in [-0.2, 0) is 0 Å². The molecule has 0 spiro atoms. The van der Waals surface area contributed by atoms with Crippen LogP contribution < -0.4 is 4.90 Å². The molecule has 1 amide bonds. The fraction of sp³-hybridized carbons (Fsp3) is 0.368. The molecular formula is C19H23N3O. The summed E-state index contributed by atoms with van der Waals surface area (Å²) in [5.74, 6) is 1.49. The number of carbonyl (C=O) groups excluding carboxylic acids is 1. The summed E-state index contributed by atoms with van der Waals surface area (Å²) in [7, 11) is 4.00. The van der Waals surface area contributed by atoms with Crippen molar-refractivity contribution < 1.29 is 4.79 Å². The van der Waals surface area contributed by atoms with Gasteiger partial charge in [-0.25, -0.2) is 4.98 Å². The summed E-state index contributed by atoms with van der Waals surface area (Å²) >= 11 is 0. The molecule has 2 aromatic rings. The Morgan fingerprint density at radius 2 is 2.00 bits per heavy atom. The van der Waals surface area contributed by atoms with Gasteiger partial charge in [-0.15, -0.1) is 0 Å². The van der Waals surface area contributed by atoms with E-state index in [4.69, 9.17) is 0 Å². The van der Waals surface area contributed by atoms with Crippen molar-refractivity contribution in [3.05, 3.63) is 59.8 Å². The van der Waals surface area contributed by atoms with Crippen LogP contribution in [-0.4, -0.2) is 43.0 Å². The lowest BCUT2D eigenvalue weighted by Gasteiger charge is -2.33. The molecule has 1 atom stereocenters. The molecule has 3 rings (SSSR count). The third-order valence-corrected chi connectivity index (χ3v) is 4.43. The Morgan fingerprint density at radius 3 is 2.74 bits per heavy atom. The summed E-state index contributed by atoms with van der Waals surface area (Å²) in [4.78, 5) is 21.0. The van der Waals surface area contributed by atoms with Gasteiger partial charge < -0.3 is 9.80 Å². The molecule has 1 fully saturated rings. The first-order chi connectivity index (χ1) is 11.1. The minimum atomic E-state index is 0.136. The van der Waals surface area contributed by atoms with E-state index in [1.165, 1.54) is 5.56 Å². The molecule has 23 heavy (non-hydrogen) atoms. The Balaban J connectivity index is 1.76. The van der Waals surface area contributed by atoms with Gasteiger partial charge in [-0.2, -0.15) is 0 Å². The van der Waals surface area contributed by atoms with Gasteiger partial charge in [0.25, 0.3) is 5.91 Å². The van der Waals surface area contributed by atoms with Gasteiger partial charge in [0.2, 0.25) is 0 Å². The molecule has 1 aromatic carbocycles. The van der Waals surface area contributed by atoms with Crippen molar-refractivity contribution >= 4 is 11.7 Å². The van der Waals surface area contributed by atoms with Crippen LogP contribution in [0.5, 0.6) is 0 Å². The van der Waals surface area contributed by atoms with Crippen molar-refractivity contribution in [3.63, 3.8) is 0 Å². The molecule has 1 aliphatic heterocycles. The van der Waals surface area contributed by atoms with E-state index in [-0.39, 0.29) is 5.91 Å². The monoisotopic (exact) mass is 309 g/mol. The zero-order chi connectivity index (χ0) is 16.2. The van der Waals surface area contributed by atoms with E-state index in [0.717, 1.165) is 37.3 Å². The molecule has 0 unspecified atom stereocenters. The summed E-state index contributed by atoms with van der Waals surface area (Å²) in [6.07, 6.45) is 4.03. The lowest BCUT2D eigenvalue weighted by atomic mass is 9.90. The van der Waals surface area contributed by atoms with E-state index in [9.17, 15) is 4.79 Å². The molecule has 1 aromatic heterocycles. The first-order valence-electron chi connectivity index (χ1n) is 8.13. The number of piperidine rings is 1. The summed E-state index contributed by atoms with van der Waals surface area (Å²) in [5.41, 5.74) is 2.05. The highest BCUT2D eigenvalue weighted by Crippen LogP contribution is 2.29. The maximum Gasteiger partial charge on any atom is 0.253 e. The van der Waals surface area contributed by atoms with Gasteiger partial charge in [-0.3, -0.25) is 4.79 Å². The Morgan fingerprint density at radius 1 is 1.22 bits per heavy atom. The zero-order valence-electron chi connectivity index (χ0n) is 13.8. The molecule has 1 aliphatic rings. The molecule has 0 aliphatic carbocycles. The summed E-state index contributed by atoms with van der Waals surface area (Å²) in [5, 5.41) is 0. The van der Waals surface area contributed by atoms with Crippen molar-refractivity contribution in [2.75, 3.05) is 32.1 Å². The summed E-state index contributed by atoms with van der Waals surface area (Å²) in [6.45, 7) is 1.63. The Kier molecular flexibility index (Phi) is 4.60. The van der Waals surface area contributed by atoms with E-state index < -0.39 is 0 Å². The number of benzene rings is 1. The second-order valence-corrected chi connectivity index (χ2v) is 6.30. The van der Waals surface area contributed by atoms with Gasteiger partial charge >= 0.3 is 0 Å². The second kappa shape index (κ2) is 6.82. The van der Waals surface area contributed by atoms with Crippen LogP contribution in [0.4, 0.5) is 5.82 Å². The van der Waals surface area contributed by atoms with Gasteiger partial charge in [0, 0.05) is 44.9 Å². The van der Waals surface area contributed by atoms with Gasteiger partial charge in [0.05, 0.1) is 0 Å². The number of amides is 1. The van der Waals surface area contributed by atoms with Crippen LogP contribution >= 0.6 is 0 Å². The number of carbonyl (C=O) groups is 1. The zero-order valence-corrected chi connectivity index (χ0v) is 13.8. The Labute approximate surface area is 137 Å². The molecule has 1 saturated heterocycles. The van der Waals surface area contributed by atoms with E-state index in [1.54, 1.807) is 0 Å². The van der Waals surface area contributed by atoms with E-state index >= 15 is 0 Å². The van der Waals surface area contributed by atoms with Crippen molar-refractivity contribution in [2.45, 2.75) is 18.8 Å². The standard InChI is InChI=1S/C19H23N3O/c1-21(2)18-13-16(10-11-20-18)17-9-6-12-22(14-17)19(23)15-7-4-3-5-8-15/h3-5,7-8,10-11,13,17H,6,9,12,14H2,1-2H3/t17-/m1/s1. The topological polar surface area (TPSA) is 36.4 Å². The SMILES string of the molecule is CN(C)c1cc([C@@H]2CCCN(C(=O)c3ccccc3)C2)ccn1. The third-order valence-electron chi connectivity index (χ3n) is 4.43. The van der Waals surface area contributed by atoms with Crippen molar-refractivity contribution in [1.29, 1.82) is 0 Å². The average molecular weight is 309 g/mol. The largest absolute Gasteiger partial charge is 0.363 e. The summed E-state index contributed by atoms with van der Waals surface area (Å²) in [6, 6.07) is 13.8. The highest BCUT2D eigenvalue weighted by atomic mass is 16.2. The average Bonchev–Trinajstić information content (AvgIpc) is 2.62. The maximum absolute atomic E-state index is 12.7. The minimum absolute atomic E-state index is 0.136. The number of pyridine rings is 1. The quantitative estimate of drug-likeness (QED) is 0.874. The van der Waals surface area contributed by atoms with Crippen LogP contribution in [0.25, 0.3) is 0 Å². The van der Waals surface area contributed by atoms with Gasteiger partial charge in [-0.05, 0) is 42.7 Å². The van der Waals surface area contributed by atoms with Crippen molar-refractivity contribution in [2.24, 2.45) is 0 Å². The van der Waals surface area contributed by atoms with Crippen LogP contribution in [0, 0.1) is 0 Å². The first-order valence-corrected chi connectivity index (χ1v) is 8.13. The normalized spacial score (nSPS) is 17.8. The molecule has 2 heterocycles. The van der Waals surface area contributed by atoms with Crippen LogP contribution in [0.1, 0.15) is 34.7 Å². The van der Waals surface area contributed by atoms with Crippen molar-refractivity contribution in [3.8, 4) is 0 Å². The number of rotatable bonds is 3. The molecular weight excluding hydrogens is 286 g/mol. The molecule has 0 saturated carbocycles. The van der Waals surface area contributed by atoms with E-state index in [0.29, 0.717) is 5.92 Å². The lowest BCUT2D eigenvalue weighted by molar-refractivity contribution is 0.0707. The molecule has 4 nitrogen and oxygen atoms in total. The Hall–Kier alpha value is -2.36. The van der Waals surface area contributed by atoms with Gasteiger partial charge in [0.15, 0.2) is 0 Å². The van der Waals surface area contributed by atoms with Gasteiger partial charge in [-0.1, -0.05) is 18.2 Å². The number of likely N-dealkylation sites (tertiary alicyclic amines) is 1. The van der Waals surface area contributed by atoms with Crippen LogP contribution in [0.3, 0.4) is 0 Å². The number of hydrogen-bond donors (Lipinski definition) is 0. The maximum atomic E-state index is 12.7. The summed E-state index contributed by atoms with van der Waals surface area (Å²) < 4.78 is 0. The predicted molar refractivity (Wildman–Crippen MR) is 92.9 cm³/mol. The second-order valence-electron chi connectivity index (χ2n) is 6.30. The van der Waals surface area contributed by atoms with E-state index in [2.05, 4.69) is 17.1 Å². The van der Waals surface area contributed by atoms with Gasteiger partial charge in [0.1, 0.15) is 5.82 Å². The smallest absolute Gasteiger partial charge is 0.253 e. The lowest BCUT2D eigenvalue weighted by Crippen LogP contribution is -2.39. The number of hydrogen-bond acceptors (Lipinski definition) is 3. The highest BCUT2D eigenvalue weighted by Gasteiger charge is 2.25. The molecule has 0 bridgehead atoms. The molecule has 0 radical (unpaired) electrons. The fourth-order valence-electron chi connectivity index (χ4n) is 3.13. The Bertz CT molecular complexity index is 669. The van der Waals surface area contributed by atoms with E-state index in [1.807, 2.05) is 60.4 Å². The first kappa shape index (κ1) is 15.5. The predicted octanol–water partition coefficient (Wildman–Crippen LogP) is 3.17. The highest BCUT2D eigenvalue weighted by molar-refractivity contribution is 5.94. The van der Waals surface area contributed by atoms with Crippen LogP contribution in [0.2, 0.25) is 0 Å². The third kappa shape index (κ3) is 3.52. The number of nitrogens with zero attached hydrogens (tertiary/aromatic N) is 3. The molecule has 4 heteroatoms. The minimum Gasteiger partial charge on any atom is -0.363 e. The molecule has 0 N–H and O–H groups in total. The number of aromatic nitrogens is 1. The van der Waals surface area contributed by atoms with Crippen LogP contribution in [0.15, 0.2) is 48.7 Å². The number of anilines is 1.